The summed E-state index contributed by atoms with van der Waals surface area (Å²) in [6, 6.07) is 1.20. The summed E-state index contributed by atoms with van der Waals surface area (Å²) < 4.78 is 0. The minimum Gasteiger partial charge on any atom is -0.300 e. The van der Waals surface area contributed by atoms with Crippen LogP contribution in [0.4, 0.5) is 0 Å². The lowest BCUT2D eigenvalue weighted by atomic mass is 9.82. The monoisotopic (exact) mass is 221 g/mol. The second-order valence-corrected chi connectivity index (χ2v) is 6.21. The van der Waals surface area contributed by atoms with Crippen molar-refractivity contribution in [3.63, 3.8) is 0 Å². The van der Waals surface area contributed by atoms with E-state index in [1.54, 1.807) is 0 Å². The predicted molar refractivity (Wildman–Crippen MR) is 64.3 cm³/mol. The third kappa shape index (κ3) is 1.81. The van der Waals surface area contributed by atoms with Crippen LogP contribution in [0.2, 0.25) is 0 Å². The molecule has 1 saturated carbocycles. The smallest absolute Gasteiger partial charge is 0.136 e. The molecule has 90 valence electrons. The SMILES string of the molecule is CCC1(CN2C3CCCC2CC(=O)C3)CC1. The van der Waals surface area contributed by atoms with Crippen LogP contribution >= 0.6 is 0 Å². The molecule has 0 radical (unpaired) electrons. The Labute approximate surface area is 98.4 Å². The molecule has 16 heavy (non-hydrogen) atoms. The molecular weight excluding hydrogens is 198 g/mol. The van der Waals surface area contributed by atoms with Crippen LogP contribution in [-0.2, 0) is 4.79 Å². The van der Waals surface area contributed by atoms with E-state index in [1.165, 1.54) is 45.1 Å². The van der Waals surface area contributed by atoms with Crippen LogP contribution in [0.25, 0.3) is 0 Å². The molecule has 2 saturated heterocycles. The van der Waals surface area contributed by atoms with Crippen molar-refractivity contribution < 1.29 is 4.79 Å². The Hall–Kier alpha value is -0.370. The Morgan fingerprint density at radius 2 is 1.88 bits per heavy atom. The van der Waals surface area contributed by atoms with E-state index in [0.29, 0.717) is 23.3 Å². The number of fused-ring (bicyclic) bond motifs is 2. The molecule has 1 aliphatic carbocycles. The van der Waals surface area contributed by atoms with Crippen molar-refractivity contribution in [1.82, 2.24) is 4.90 Å². The molecule has 2 aliphatic heterocycles. The molecule has 0 N–H and O–H groups in total. The lowest BCUT2D eigenvalue weighted by molar-refractivity contribution is -0.127. The van der Waals surface area contributed by atoms with Crippen molar-refractivity contribution in [3.05, 3.63) is 0 Å². The van der Waals surface area contributed by atoms with E-state index in [4.69, 9.17) is 0 Å². The second-order valence-electron chi connectivity index (χ2n) is 6.21. The van der Waals surface area contributed by atoms with Gasteiger partial charge in [0.2, 0.25) is 0 Å². The first-order chi connectivity index (χ1) is 7.72. The van der Waals surface area contributed by atoms with E-state index in [-0.39, 0.29) is 0 Å². The first-order valence-corrected chi connectivity index (χ1v) is 7.00. The van der Waals surface area contributed by atoms with Gasteiger partial charge < -0.3 is 0 Å². The highest BCUT2D eigenvalue weighted by atomic mass is 16.1. The van der Waals surface area contributed by atoms with E-state index in [2.05, 4.69) is 11.8 Å². The standard InChI is InChI=1S/C14H23NO/c1-2-14(6-7-14)10-15-11-4-3-5-12(15)9-13(16)8-11/h11-12H,2-10H2,1H3. The normalized spacial score (nSPS) is 37.4. The maximum absolute atomic E-state index is 11.6. The molecule has 2 unspecified atom stereocenters. The number of hydrogen-bond acceptors (Lipinski definition) is 2. The first-order valence-electron chi connectivity index (χ1n) is 7.00. The second kappa shape index (κ2) is 3.83. The summed E-state index contributed by atoms with van der Waals surface area (Å²) in [5.41, 5.74) is 0.647. The van der Waals surface area contributed by atoms with Crippen molar-refractivity contribution >= 4 is 5.78 Å². The third-order valence-electron chi connectivity index (χ3n) is 5.16. The Morgan fingerprint density at radius 3 is 2.38 bits per heavy atom. The van der Waals surface area contributed by atoms with Crippen molar-refractivity contribution in [3.8, 4) is 0 Å². The quantitative estimate of drug-likeness (QED) is 0.730. The number of hydrogen-bond donors (Lipinski definition) is 0. The van der Waals surface area contributed by atoms with E-state index in [9.17, 15) is 4.79 Å². The van der Waals surface area contributed by atoms with Gasteiger partial charge in [0.1, 0.15) is 5.78 Å². The zero-order chi connectivity index (χ0) is 11.2. The number of nitrogens with zero attached hydrogens (tertiary/aromatic N) is 1. The molecule has 2 nitrogen and oxygen atoms in total. The maximum atomic E-state index is 11.6. The summed E-state index contributed by atoms with van der Waals surface area (Å²) in [6.07, 6.45) is 9.74. The number of Topliss-reactive ketones (excluding diaryl/α,β-unsaturated/α-hetero) is 1. The minimum absolute atomic E-state index is 0.521. The molecule has 0 aromatic heterocycles. The van der Waals surface area contributed by atoms with Gasteiger partial charge in [-0.2, -0.15) is 0 Å². The van der Waals surface area contributed by atoms with Crippen molar-refractivity contribution in [2.75, 3.05) is 6.54 Å². The van der Waals surface area contributed by atoms with Crippen LogP contribution in [0.1, 0.15) is 58.3 Å². The number of carbonyl (C=O) groups excluding carboxylic acids is 1. The highest BCUT2D eigenvalue weighted by Gasteiger charge is 2.46. The van der Waals surface area contributed by atoms with Crippen molar-refractivity contribution in [1.29, 1.82) is 0 Å². The first kappa shape index (κ1) is 10.8. The number of ketones is 1. The van der Waals surface area contributed by atoms with Gasteiger partial charge in [-0.15, -0.1) is 0 Å². The number of piperidine rings is 2. The molecule has 2 heteroatoms. The van der Waals surface area contributed by atoms with Crippen LogP contribution in [0.5, 0.6) is 0 Å². The molecule has 0 aromatic carbocycles. The minimum atomic E-state index is 0.521. The van der Waals surface area contributed by atoms with Gasteiger partial charge in [0.15, 0.2) is 0 Å². The highest BCUT2D eigenvalue weighted by molar-refractivity contribution is 5.80. The summed E-state index contributed by atoms with van der Waals surface area (Å²) in [4.78, 5) is 14.4. The van der Waals surface area contributed by atoms with Gasteiger partial charge in [-0.05, 0) is 37.5 Å². The zero-order valence-corrected chi connectivity index (χ0v) is 10.4. The van der Waals surface area contributed by atoms with Crippen LogP contribution in [0.3, 0.4) is 0 Å². The largest absolute Gasteiger partial charge is 0.300 e. The Kier molecular flexibility index (Phi) is 2.58. The summed E-state index contributed by atoms with van der Waals surface area (Å²) in [6.45, 7) is 3.62. The van der Waals surface area contributed by atoms with Crippen molar-refractivity contribution in [2.24, 2.45) is 5.41 Å². The highest BCUT2D eigenvalue weighted by Crippen LogP contribution is 2.51. The fourth-order valence-electron chi connectivity index (χ4n) is 3.71. The Balaban J connectivity index is 1.71. The van der Waals surface area contributed by atoms with E-state index >= 15 is 0 Å². The van der Waals surface area contributed by atoms with Gasteiger partial charge in [-0.1, -0.05) is 13.3 Å². The lowest BCUT2D eigenvalue weighted by Gasteiger charge is -2.47. The summed E-state index contributed by atoms with van der Waals surface area (Å²) in [7, 11) is 0. The van der Waals surface area contributed by atoms with Gasteiger partial charge in [-0.25, -0.2) is 0 Å². The fourth-order valence-corrected chi connectivity index (χ4v) is 3.71. The van der Waals surface area contributed by atoms with Crippen LogP contribution < -0.4 is 0 Å². The molecule has 2 atom stereocenters. The average Bonchev–Trinajstić information content (AvgIpc) is 3.00. The molecule has 0 amide bonds. The molecular formula is C14H23NO. The Bertz CT molecular complexity index is 279. The molecule has 3 rings (SSSR count). The molecule has 0 spiro atoms. The molecule has 2 bridgehead atoms. The summed E-state index contributed by atoms with van der Waals surface area (Å²) in [5.74, 6) is 0.521. The molecule has 0 aromatic rings. The van der Waals surface area contributed by atoms with E-state index in [0.717, 1.165) is 12.8 Å². The van der Waals surface area contributed by atoms with Gasteiger partial charge in [0.05, 0.1) is 0 Å². The molecule has 3 aliphatic rings. The zero-order valence-electron chi connectivity index (χ0n) is 10.4. The van der Waals surface area contributed by atoms with Gasteiger partial charge in [0.25, 0.3) is 0 Å². The Morgan fingerprint density at radius 1 is 1.25 bits per heavy atom. The van der Waals surface area contributed by atoms with Crippen LogP contribution in [0, 0.1) is 5.41 Å². The third-order valence-corrected chi connectivity index (χ3v) is 5.16. The van der Waals surface area contributed by atoms with Gasteiger partial charge >= 0.3 is 0 Å². The predicted octanol–water partition coefficient (Wildman–Crippen LogP) is 2.76. The number of carbonyl (C=O) groups is 1. The lowest BCUT2D eigenvalue weighted by Crippen LogP contribution is -2.54. The van der Waals surface area contributed by atoms with Crippen molar-refractivity contribution in [2.45, 2.75) is 70.4 Å². The molecule has 2 heterocycles. The average molecular weight is 221 g/mol. The summed E-state index contributed by atoms with van der Waals surface area (Å²) in [5, 5.41) is 0. The topological polar surface area (TPSA) is 20.3 Å². The van der Waals surface area contributed by atoms with Crippen LogP contribution in [0.15, 0.2) is 0 Å². The van der Waals surface area contributed by atoms with E-state index < -0.39 is 0 Å². The van der Waals surface area contributed by atoms with Gasteiger partial charge in [-0.3, -0.25) is 9.69 Å². The summed E-state index contributed by atoms with van der Waals surface area (Å²) >= 11 is 0. The van der Waals surface area contributed by atoms with Crippen LogP contribution in [-0.4, -0.2) is 29.3 Å². The van der Waals surface area contributed by atoms with E-state index in [1.807, 2.05) is 0 Å². The maximum Gasteiger partial charge on any atom is 0.136 e. The fraction of sp³-hybridized carbons (Fsp3) is 0.929. The van der Waals surface area contributed by atoms with Gasteiger partial charge in [0, 0.05) is 31.5 Å². The number of rotatable bonds is 3. The molecule has 3 fully saturated rings.